The quantitative estimate of drug-likeness (QED) is 0.108. The first-order valence-corrected chi connectivity index (χ1v) is 10.8. The number of carboxylic acids is 1. The summed E-state index contributed by atoms with van der Waals surface area (Å²) in [5, 5.41) is 14.2. The molecule has 212 valence electrons. The normalized spacial score (nSPS) is 8.65. The highest BCUT2D eigenvalue weighted by Gasteiger charge is 2.13. The molecule has 4 aromatic heterocycles. The SMILES string of the molecule is C.C=N.CCOC(=O)CC(=O)c1ccncn1.Cl.Clc1cc(-c2ccncn2)ncn1.O=C(O)c1ccncn1. The predicted octanol–water partition coefficient (Wildman–Crippen LogP) is 3.70. The molecule has 0 unspecified atom stereocenters. The number of aromatic nitrogens is 8. The second-order valence-corrected chi connectivity index (χ2v) is 6.61. The summed E-state index contributed by atoms with van der Waals surface area (Å²) in [6, 6.07) is 6.21. The fourth-order valence-electron chi connectivity index (χ4n) is 2.22. The van der Waals surface area contributed by atoms with Crippen molar-refractivity contribution >= 4 is 48.4 Å². The zero-order valence-corrected chi connectivity index (χ0v) is 22.0. The van der Waals surface area contributed by atoms with Gasteiger partial charge in [0.15, 0.2) is 11.5 Å². The van der Waals surface area contributed by atoms with Crippen LogP contribution in [0.1, 0.15) is 41.7 Å². The maximum Gasteiger partial charge on any atom is 0.354 e. The summed E-state index contributed by atoms with van der Waals surface area (Å²) in [6.07, 6.45) is 9.54. The van der Waals surface area contributed by atoms with Crippen LogP contribution in [0.3, 0.4) is 0 Å². The second kappa shape index (κ2) is 22.2. The Balaban J connectivity index is 0. The number of halogens is 2. The van der Waals surface area contributed by atoms with Crippen LogP contribution < -0.4 is 0 Å². The van der Waals surface area contributed by atoms with Gasteiger partial charge in [0, 0.05) is 24.7 Å². The number of ether oxygens (including phenoxy) is 1. The highest BCUT2D eigenvalue weighted by atomic mass is 35.5. The summed E-state index contributed by atoms with van der Waals surface area (Å²) in [6.45, 7) is 4.46. The molecule has 0 spiro atoms. The van der Waals surface area contributed by atoms with E-state index in [0.717, 1.165) is 5.69 Å². The van der Waals surface area contributed by atoms with Crippen molar-refractivity contribution in [2.75, 3.05) is 6.61 Å². The molecule has 0 atom stereocenters. The van der Waals surface area contributed by atoms with E-state index in [1.165, 1.54) is 49.8 Å². The predicted molar refractivity (Wildman–Crippen MR) is 148 cm³/mol. The Labute approximate surface area is 241 Å². The van der Waals surface area contributed by atoms with Crippen LogP contribution in [0.5, 0.6) is 0 Å². The monoisotopic (exact) mass is 591 g/mol. The number of carboxylic acid groups (broad SMARTS) is 1. The van der Waals surface area contributed by atoms with E-state index in [1.54, 1.807) is 25.3 Å². The highest BCUT2D eigenvalue weighted by molar-refractivity contribution is 6.29. The number of esters is 1. The molecule has 0 saturated carbocycles. The van der Waals surface area contributed by atoms with Gasteiger partial charge in [0.05, 0.1) is 18.0 Å². The van der Waals surface area contributed by atoms with E-state index in [-0.39, 0.29) is 50.0 Å². The summed E-state index contributed by atoms with van der Waals surface area (Å²) >= 11 is 5.70. The third-order valence-electron chi connectivity index (χ3n) is 3.76. The number of rotatable bonds is 6. The van der Waals surface area contributed by atoms with Crippen molar-refractivity contribution in [1.29, 1.82) is 5.41 Å². The van der Waals surface area contributed by atoms with Crippen molar-refractivity contribution in [1.82, 2.24) is 39.9 Å². The average Bonchev–Trinajstić information content (AvgIpc) is 2.96. The van der Waals surface area contributed by atoms with Crippen molar-refractivity contribution < 1.29 is 24.2 Å². The zero-order chi connectivity index (χ0) is 28.2. The summed E-state index contributed by atoms with van der Waals surface area (Å²) in [4.78, 5) is 62.4. The van der Waals surface area contributed by atoms with Gasteiger partial charge >= 0.3 is 11.9 Å². The van der Waals surface area contributed by atoms with Gasteiger partial charge < -0.3 is 15.3 Å². The van der Waals surface area contributed by atoms with E-state index in [1.807, 2.05) is 0 Å². The fraction of sp³-hybridized carbons (Fsp3) is 0.167. The Morgan fingerprint density at radius 3 is 1.80 bits per heavy atom. The van der Waals surface area contributed by atoms with Gasteiger partial charge in [0.25, 0.3) is 0 Å². The molecule has 14 nitrogen and oxygen atoms in total. The molecule has 0 radical (unpaired) electrons. The third-order valence-corrected chi connectivity index (χ3v) is 3.96. The molecular formula is C24H27Cl2N9O5. The summed E-state index contributed by atoms with van der Waals surface area (Å²) < 4.78 is 4.63. The molecule has 0 bridgehead atoms. The van der Waals surface area contributed by atoms with Gasteiger partial charge in [0.1, 0.15) is 42.6 Å². The maximum atomic E-state index is 11.3. The second-order valence-electron chi connectivity index (χ2n) is 6.22. The topological polar surface area (TPSA) is 208 Å². The number of nitrogens with one attached hydrogen (secondary N) is 1. The minimum Gasteiger partial charge on any atom is -0.477 e. The lowest BCUT2D eigenvalue weighted by molar-refractivity contribution is -0.141. The van der Waals surface area contributed by atoms with Crippen LogP contribution in [0.2, 0.25) is 5.15 Å². The van der Waals surface area contributed by atoms with E-state index < -0.39 is 11.9 Å². The number of nitrogens with zero attached hydrogens (tertiary/aromatic N) is 8. The Kier molecular flexibility index (Phi) is 20.7. The van der Waals surface area contributed by atoms with Crippen molar-refractivity contribution in [2.24, 2.45) is 0 Å². The number of hydrogen-bond acceptors (Lipinski definition) is 13. The molecule has 0 aliphatic carbocycles. The largest absolute Gasteiger partial charge is 0.477 e. The summed E-state index contributed by atoms with van der Waals surface area (Å²) in [7, 11) is 0. The number of Topliss-reactive ketones (excluding diaryl/α,β-unsaturated/α-hetero) is 1. The van der Waals surface area contributed by atoms with Gasteiger partial charge in [-0.1, -0.05) is 19.0 Å². The molecule has 0 fully saturated rings. The zero-order valence-electron chi connectivity index (χ0n) is 20.4. The Morgan fingerprint density at radius 2 is 1.38 bits per heavy atom. The molecule has 4 rings (SSSR count). The van der Waals surface area contributed by atoms with E-state index in [0.29, 0.717) is 10.8 Å². The highest BCUT2D eigenvalue weighted by Crippen LogP contribution is 2.14. The Morgan fingerprint density at radius 1 is 0.850 bits per heavy atom. The number of carbonyl (C=O) groups excluding carboxylic acids is 2. The van der Waals surface area contributed by atoms with Crippen LogP contribution in [-0.2, 0) is 9.53 Å². The summed E-state index contributed by atoms with van der Waals surface area (Å²) in [5.74, 6) is -1.92. The average molecular weight is 592 g/mol. The molecule has 0 saturated heterocycles. The fourth-order valence-corrected chi connectivity index (χ4v) is 2.37. The lowest BCUT2D eigenvalue weighted by Crippen LogP contribution is -2.12. The number of aromatic carboxylic acids is 1. The molecular weight excluding hydrogens is 565 g/mol. The Bertz CT molecular complexity index is 1280. The lowest BCUT2D eigenvalue weighted by Gasteiger charge is -1.99. The molecule has 4 aromatic rings. The van der Waals surface area contributed by atoms with Crippen LogP contribution in [0, 0.1) is 5.41 Å². The lowest BCUT2D eigenvalue weighted by atomic mass is 10.2. The van der Waals surface area contributed by atoms with Crippen LogP contribution >= 0.6 is 24.0 Å². The minimum absolute atomic E-state index is 0. The number of ketones is 1. The van der Waals surface area contributed by atoms with Gasteiger partial charge in [-0.15, -0.1) is 12.4 Å². The van der Waals surface area contributed by atoms with E-state index in [4.69, 9.17) is 22.1 Å². The minimum atomic E-state index is -1.03. The van der Waals surface area contributed by atoms with Crippen LogP contribution in [0.15, 0.2) is 68.2 Å². The molecule has 0 aromatic carbocycles. The van der Waals surface area contributed by atoms with Gasteiger partial charge in [-0.3, -0.25) is 9.59 Å². The Hall–Kier alpha value is -4.82. The van der Waals surface area contributed by atoms with Gasteiger partial charge in [-0.2, -0.15) is 0 Å². The molecule has 0 aliphatic rings. The maximum absolute atomic E-state index is 11.3. The molecule has 2 N–H and O–H groups in total. The summed E-state index contributed by atoms with van der Waals surface area (Å²) in [5.41, 5.74) is 1.68. The van der Waals surface area contributed by atoms with Crippen molar-refractivity contribution in [3.05, 3.63) is 84.7 Å². The van der Waals surface area contributed by atoms with Crippen LogP contribution in [0.25, 0.3) is 11.4 Å². The van der Waals surface area contributed by atoms with Crippen LogP contribution in [-0.4, -0.2) is 76.0 Å². The first-order chi connectivity index (χ1) is 18.4. The smallest absolute Gasteiger partial charge is 0.354 e. The van der Waals surface area contributed by atoms with Gasteiger partial charge in [0.2, 0.25) is 0 Å². The molecule has 0 aliphatic heterocycles. The van der Waals surface area contributed by atoms with Gasteiger partial charge in [-0.25, -0.2) is 44.7 Å². The van der Waals surface area contributed by atoms with Crippen molar-refractivity contribution in [3.63, 3.8) is 0 Å². The third kappa shape index (κ3) is 14.8. The van der Waals surface area contributed by atoms with E-state index in [9.17, 15) is 14.4 Å². The first-order valence-electron chi connectivity index (χ1n) is 10.4. The first kappa shape index (κ1) is 37.3. The molecule has 0 amide bonds. The van der Waals surface area contributed by atoms with Crippen molar-refractivity contribution in [3.8, 4) is 11.4 Å². The molecule has 16 heteroatoms. The van der Waals surface area contributed by atoms with E-state index >= 15 is 0 Å². The van der Waals surface area contributed by atoms with Crippen LogP contribution in [0.4, 0.5) is 0 Å². The van der Waals surface area contributed by atoms with E-state index in [2.05, 4.69) is 51.3 Å². The molecule has 4 heterocycles. The standard InChI is InChI=1S/C9H10N2O3.C8H5ClN4.C5H4N2O2.CH3N.CH4.ClH/c1-2-14-9(13)5-8(12)7-3-4-10-6-11-7;9-8-3-7(12-5-13-8)6-1-2-10-4-11-6;8-5(9)4-1-2-6-3-7-4;1-2;;/h3-4,6H,2,5H2,1H3;1-5H;1-3H,(H,8,9);2H,1H2;1H4;1H. The van der Waals surface area contributed by atoms with Gasteiger partial charge in [-0.05, 0) is 31.8 Å². The van der Waals surface area contributed by atoms with Crippen molar-refractivity contribution in [2.45, 2.75) is 20.8 Å². The molecule has 40 heavy (non-hydrogen) atoms. The number of carbonyl (C=O) groups is 3. The number of hydrogen-bond donors (Lipinski definition) is 2.